The molecular formula is C12H15F3N2O2. The van der Waals surface area contributed by atoms with E-state index in [1.54, 1.807) is 12.1 Å². The summed E-state index contributed by atoms with van der Waals surface area (Å²) in [4.78, 5) is 0. The van der Waals surface area contributed by atoms with Gasteiger partial charge in [0.15, 0.2) is 0 Å². The molecule has 7 heteroatoms. The molecule has 0 amide bonds. The third-order valence-corrected chi connectivity index (χ3v) is 2.32. The molecule has 1 rings (SSSR count). The molecule has 106 valence electrons. The van der Waals surface area contributed by atoms with Crippen molar-refractivity contribution in [3.05, 3.63) is 24.3 Å². The molecular weight excluding hydrogens is 261 g/mol. The fourth-order valence-corrected chi connectivity index (χ4v) is 1.34. The molecule has 0 spiro atoms. The normalized spacial score (nSPS) is 12.8. The van der Waals surface area contributed by atoms with E-state index in [2.05, 4.69) is 0 Å². The Hall–Kier alpha value is -1.92. The summed E-state index contributed by atoms with van der Waals surface area (Å²) in [6.07, 6.45) is -4.59. The van der Waals surface area contributed by atoms with Crippen molar-refractivity contribution in [2.75, 3.05) is 13.2 Å². The number of nitrogens with two attached hydrogens (primary N) is 1. The van der Waals surface area contributed by atoms with E-state index in [-0.39, 0.29) is 5.75 Å². The van der Waals surface area contributed by atoms with Crippen LogP contribution in [0, 0.1) is 11.3 Å². The van der Waals surface area contributed by atoms with Crippen LogP contribution in [0.15, 0.2) is 24.3 Å². The van der Waals surface area contributed by atoms with Gasteiger partial charge in [0.2, 0.25) is 0 Å². The minimum absolute atomic E-state index is 0.263. The minimum atomic E-state index is -4.59. The molecule has 1 aromatic rings. The second-order valence-corrected chi connectivity index (χ2v) is 3.76. The van der Waals surface area contributed by atoms with Crippen LogP contribution in [0.3, 0.4) is 0 Å². The van der Waals surface area contributed by atoms with Crippen molar-refractivity contribution < 1.29 is 22.6 Å². The first-order valence-corrected chi connectivity index (χ1v) is 5.61. The highest BCUT2D eigenvalue weighted by atomic mass is 19.4. The van der Waals surface area contributed by atoms with Crippen LogP contribution < -0.4 is 15.2 Å². The van der Waals surface area contributed by atoms with Crippen LogP contribution in [0.2, 0.25) is 0 Å². The number of amidine groups is 1. The van der Waals surface area contributed by atoms with Crippen molar-refractivity contribution >= 4 is 5.84 Å². The summed E-state index contributed by atoms with van der Waals surface area (Å²) in [6, 6.07) is 6.18. The molecule has 1 aromatic carbocycles. The van der Waals surface area contributed by atoms with Gasteiger partial charge in [0.05, 0.1) is 6.61 Å². The third kappa shape index (κ3) is 4.69. The van der Waals surface area contributed by atoms with Gasteiger partial charge in [0, 0.05) is 0 Å². The summed E-state index contributed by atoms with van der Waals surface area (Å²) in [7, 11) is 0. The number of nitrogens with one attached hydrogen (secondary N) is 1. The first-order valence-electron chi connectivity index (χ1n) is 5.61. The van der Waals surface area contributed by atoms with E-state index in [0.29, 0.717) is 12.4 Å². The molecule has 0 heterocycles. The molecule has 0 saturated heterocycles. The molecule has 1 atom stereocenters. The lowest BCUT2D eigenvalue weighted by atomic mass is 10.1. The van der Waals surface area contributed by atoms with Crippen LogP contribution in [-0.2, 0) is 0 Å². The highest BCUT2D eigenvalue weighted by molar-refractivity contribution is 5.80. The van der Waals surface area contributed by atoms with Crippen molar-refractivity contribution in [3.63, 3.8) is 0 Å². The number of halogens is 3. The molecule has 0 aromatic heterocycles. The maximum atomic E-state index is 12.5. The van der Waals surface area contributed by atoms with Crippen LogP contribution in [0.4, 0.5) is 13.2 Å². The Labute approximate surface area is 108 Å². The van der Waals surface area contributed by atoms with Crippen molar-refractivity contribution in [2.45, 2.75) is 13.1 Å². The maximum Gasteiger partial charge on any atom is 0.401 e. The quantitative estimate of drug-likeness (QED) is 0.620. The van der Waals surface area contributed by atoms with Crippen molar-refractivity contribution in [2.24, 2.45) is 11.7 Å². The van der Waals surface area contributed by atoms with Crippen LogP contribution >= 0.6 is 0 Å². The Morgan fingerprint density at radius 1 is 1.21 bits per heavy atom. The Morgan fingerprint density at radius 3 is 2.05 bits per heavy atom. The molecule has 0 aliphatic rings. The number of hydrogen-bond donors (Lipinski definition) is 2. The number of hydrogen-bond acceptors (Lipinski definition) is 3. The van der Waals surface area contributed by atoms with Gasteiger partial charge >= 0.3 is 6.18 Å². The fraction of sp³-hybridized carbons (Fsp3) is 0.417. The van der Waals surface area contributed by atoms with Gasteiger partial charge < -0.3 is 15.2 Å². The molecule has 4 nitrogen and oxygen atoms in total. The molecule has 0 saturated carbocycles. The van der Waals surface area contributed by atoms with Gasteiger partial charge in [0.25, 0.3) is 0 Å². The lowest BCUT2D eigenvalue weighted by Gasteiger charge is -2.19. The Balaban J connectivity index is 2.62. The van der Waals surface area contributed by atoms with Crippen molar-refractivity contribution in [1.29, 1.82) is 5.41 Å². The first kappa shape index (κ1) is 15.1. The molecule has 0 aliphatic heterocycles. The van der Waals surface area contributed by atoms with Gasteiger partial charge in [-0.2, -0.15) is 13.2 Å². The fourth-order valence-electron chi connectivity index (χ4n) is 1.34. The zero-order chi connectivity index (χ0) is 14.5. The number of benzene rings is 1. The zero-order valence-corrected chi connectivity index (χ0v) is 10.3. The second-order valence-electron chi connectivity index (χ2n) is 3.76. The average molecular weight is 276 g/mol. The summed E-state index contributed by atoms with van der Waals surface area (Å²) in [6.45, 7) is 1.61. The molecule has 0 aliphatic carbocycles. The molecule has 19 heavy (non-hydrogen) atoms. The topological polar surface area (TPSA) is 68.3 Å². The Morgan fingerprint density at radius 2 is 1.68 bits per heavy atom. The number of rotatable bonds is 6. The summed E-state index contributed by atoms with van der Waals surface area (Å²) in [5.74, 6) is -2.19. The minimum Gasteiger partial charge on any atom is -0.494 e. The summed E-state index contributed by atoms with van der Waals surface area (Å²) < 4.78 is 47.7. The highest BCUT2D eigenvalue weighted by Gasteiger charge is 2.42. The average Bonchev–Trinajstić information content (AvgIpc) is 2.29. The van der Waals surface area contributed by atoms with E-state index in [4.69, 9.17) is 20.6 Å². The highest BCUT2D eigenvalue weighted by Crippen LogP contribution is 2.27. The van der Waals surface area contributed by atoms with E-state index in [1.165, 1.54) is 12.1 Å². The lowest BCUT2D eigenvalue weighted by molar-refractivity contribution is -0.162. The molecule has 0 radical (unpaired) electrons. The number of alkyl halides is 3. The Kier molecular flexibility index (Phi) is 5.02. The van der Waals surface area contributed by atoms with Gasteiger partial charge in [-0.1, -0.05) is 0 Å². The zero-order valence-electron chi connectivity index (χ0n) is 10.3. The van der Waals surface area contributed by atoms with Crippen LogP contribution in [0.25, 0.3) is 0 Å². The maximum absolute atomic E-state index is 12.5. The van der Waals surface area contributed by atoms with Gasteiger partial charge in [-0.15, -0.1) is 0 Å². The SMILES string of the molecule is CCOc1ccc(OCC(C(=N)N)C(F)(F)F)cc1. The monoisotopic (exact) mass is 276 g/mol. The predicted octanol–water partition coefficient (Wildman–Crippen LogP) is 2.58. The second kappa shape index (κ2) is 6.31. The van der Waals surface area contributed by atoms with E-state index in [1.807, 2.05) is 6.92 Å². The third-order valence-electron chi connectivity index (χ3n) is 2.32. The number of ether oxygens (including phenoxy) is 2. The predicted molar refractivity (Wildman–Crippen MR) is 64.6 cm³/mol. The summed E-state index contributed by atoms with van der Waals surface area (Å²) in [5.41, 5.74) is 4.91. The summed E-state index contributed by atoms with van der Waals surface area (Å²) in [5, 5.41) is 6.92. The summed E-state index contributed by atoms with van der Waals surface area (Å²) >= 11 is 0. The van der Waals surface area contributed by atoms with Gasteiger partial charge in [-0.3, -0.25) is 5.41 Å². The van der Waals surface area contributed by atoms with Gasteiger partial charge in [-0.25, -0.2) is 0 Å². The van der Waals surface area contributed by atoms with E-state index >= 15 is 0 Å². The lowest BCUT2D eigenvalue weighted by Crippen LogP contribution is -2.39. The van der Waals surface area contributed by atoms with E-state index in [9.17, 15) is 13.2 Å². The Bertz CT molecular complexity index is 418. The standard InChI is InChI=1S/C12H15F3N2O2/c1-2-18-8-3-5-9(6-4-8)19-7-10(11(16)17)12(13,14)15/h3-6,10H,2,7H2,1H3,(H3,16,17). The van der Waals surface area contributed by atoms with E-state index < -0.39 is 24.5 Å². The van der Waals surface area contributed by atoms with Gasteiger partial charge in [-0.05, 0) is 31.2 Å². The van der Waals surface area contributed by atoms with Crippen molar-refractivity contribution in [1.82, 2.24) is 0 Å². The molecule has 3 N–H and O–H groups in total. The molecule has 0 fully saturated rings. The molecule has 0 bridgehead atoms. The molecule has 1 unspecified atom stereocenters. The largest absolute Gasteiger partial charge is 0.494 e. The smallest absolute Gasteiger partial charge is 0.401 e. The van der Waals surface area contributed by atoms with Crippen LogP contribution in [0.1, 0.15) is 6.92 Å². The van der Waals surface area contributed by atoms with Crippen LogP contribution in [0.5, 0.6) is 11.5 Å². The van der Waals surface area contributed by atoms with E-state index in [0.717, 1.165) is 0 Å². The van der Waals surface area contributed by atoms with Gasteiger partial charge in [0.1, 0.15) is 29.9 Å². The first-order chi connectivity index (χ1) is 8.84. The van der Waals surface area contributed by atoms with Crippen LogP contribution in [-0.4, -0.2) is 25.2 Å². The van der Waals surface area contributed by atoms with Crippen molar-refractivity contribution in [3.8, 4) is 11.5 Å².